The Balaban J connectivity index is 1.50. The fraction of sp³-hybridized carbons (Fsp3) is 0.172. The number of hydrogen-bond acceptors (Lipinski definition) is 1. The molecule has 0 saturated heterocycles. The molecule has 0 radical (unpaired) electrons. The van der Waals surface area contributed by atoms with Crippen molar-refractivity contribution in [1.82, 2.24) is 0 Å². The molecule has 4 rings (SSSR count). The summed E-state index contributed by atoms with van der Waals surface area (Å²) in [5.41, 5.74) is 10.1. The van der Waals surface area contributed by atoms with Gasteiger partial charge in [-0.15, -0.1) is 0 Å². The van der Waals surface area contributed by atoms with Crippen LogP contribution in [0.3, 0.4) is 0 Å². The Kier molecular flexibility index (Phi) is 5.99. The molecule has 0 aliphatic carbocycles. The minimum atomic E-state index is 1.08. The predicted octanol–water partition coefficient (Wildman–Crippen LogP) is 7.91. The van der Waals surface area contributed by atoms with Gasteiger partial charge in [-0.05, 0) is 70.5 Å². The Hall–Kier alpha value is -3.32. The lowest BCUT2D eigenvalue weighted by Gasteiger charge is -2.20. The third-order valence-electron chi connectivity index (χ3n) is 5.90. The highest BCUT2D eigenvalue weighted by molar-refractivity contribution is 5.72. The number of rotatable bonds is 6. The van der Waals surface area contributed by atoms with Crippen molar-refractivity contribution < 1.29 is 0 Å². The lowest BCUT2D eigenvalue weighted by Crippen LogP contribution is -2.08. The Morgan fingerprint density at radius 2 is 0.700 bits per heavy atom. The van der Waals surface area contributed by atoms with Gasteiger partial charge in [-0.1, -0.05) is 86.6 Å². The average molecular weight is 392 g/mol. The molecule has 4 aromatic rings. The van der Waals surface area contributed by atoms with E-state index < -0.39 is 0 Å². The largest absolute Gasteiger partial charge is 0.345 e. The molecule has 1 heteroatoms. The number of hydrogen-bond donors (Lipinski definition) is 0. The van der Waals surface area contributed by atoms with E-state index in [1.54, 1.807) is 0 Å². The van der Waals surface area contributed by atoms with Gasteiger partial charge in [0, 0.05) is 18.4 Å². The van der Waals surface area contributed by atoms with Crippen LogP contribution < -0.4 is 4.90 Å². The van der Waals surface area contributed by atoms with Crippen LogP contribution in [0.5, 0.6) is 0 Å². The maximum Gasteiger partial charge on any atom is 0.0408 e. The quantitative estimate of drug-likeness (QED) is 0.323. The highest BCUT2D eigenvalue weighted by Gasteiger charge is 2.06. The molecule has 0 bridgehead atoms. The molecule has 150 valence electrons. The molecule has 0 saturated carbocycles. The van der Waals surface area contributed by atoms with Gasteiger partial charge in [0.2, 0.25) is 0 Å². The highest BCUT2D eigenvalue weighted by Crippen LogP contribution is 2.29. The minimum Gasteiger partial charge on any atom is -0.345 e. The lowest BCUT2D eigenvalue weighted by molar-refractivity contribution is 1.14. The van der Waals surface area contributed by atoms with Gasteiger partial charge in [0.15, 0.2) is 0 Å². The fourth-order valence-electron chi connectivity index (χ4n) is 3.77. The van der Waals surface area contributed by atoms with E-state index >= 15 is 0 Å². The van der Waals surface area contributed by atoms with Gasteiger partial charge < -0.3 is 4.90 Å². The average Bonchev–Trinajstić information content (AvgIpc) is 2.84. The molecular weight excluding hydrogens is 362 g/mol. The zero-order valence-electron chi connectivity index (χ0n) is 18.1. The van der Waals surface area contributed by atoms with Crippen molar-refractivity contribution in [1.29, 1.82) is 0 Å². The van der Waals surface area contributed by atoms with Crippen molar-refractivity contribution >= 4 is 11.4 Å². The maximum atomic E-state index is 2.23. The molecule has 0 heterocycles. The van der Waals surface area contributed by atoms with E-state index in [2.05, 4.69) is 123 Å². The summed E-state index contributed by atoms with van der Waals surface area (Å²) in [5.74, 6) is 0. The standard InChI is InChI=1S/C29H29N/c1-4-22-6-10-24(11-7-22)26-14-18-28(19-15-26)30(3)29-20-16-27(17-21-29)25-12-8-23(5-2)9-13-25/h6-21H,4-5H2,1-3H3. The third kappa shape index (κ3) is 4.31. The smallest absolute Gasteiger partial charge is 0.0408 e. The minimum absolute atomic E-state index is 1.08. The molecule has 0 aliphatic rings. The van der Waals surface area contributed by atoms with Crippen LogP contribution in [-0.2, 0) is 12.8 Å². The summed E-state index contributed by atoms with van der Waals surface area (Å²) in [6, 6.07) is 35.3. The monoisotopic (exact) mass is 391 g/mol. The maximum absolute atomic E-state index is 2.23. The van der Waals surface area contributed by atoms with Crippen molar-refractivity contribution in [2.24, 2.45) is 0 Å². The Morgan fingerprint density at radius 1 is 0.433 bits per heavy atom. The number of nitrogens with zero attached hydrogens (tertiary/aromatic N) is 1. The van der Waals surface area contributed by atoms with Crippen LogP contribution in [0.15, 0.2) is 97.1 Å². The van der Waals surface area contributed by atoms with Gasteiger partial charge in [0.25, 0.3) is 0 Å². The van der Waals surface area contributed by atoms with Gasteiger partial charge >= 0.3 is 0 Å². The molecule has 0 fully saturated rings. The predicted molar refractivity (Wildman–Crippen MR) is 131 cm³/mol. The van der Waals surface area contributed by atoms with Crippen molar-refractivity contribution in [2.75, 3.05) is 11.9 Å². The molecular formula is C29H29N. The summed E-state index contributed by atoms with van der Waals surface area (Å²) < 4.78 is 0. The summed E-state index contributed by atoms with van der Waals surface area (Å²) in [6.07, 6.45) is 2.15. The first-order chi connectivity index (χ1) is 14.7. The molecule has 0 aromatic heterocycles. The highest BCUT2D eigenvalue weighted by atomic mass is 15.1. The van der Waals surface area contributed by atoms with E-state index in [0.717, 1.165) is 12.8 Å². The third-order valence-corrected chi connectivity index (χ3v) is 5.90. The van der Waals surface area contributed by atoms with Crippen LogP contribution in [0.1, 0.15) is 25.0 Å². The van der Waals surface area contributed by atoms with E-state index in [-0.39, 0.29) is 0 Å². The van der Waals surface area contributed by atoms with Crippen LogP contribution >= 0.6 is 0 Å². The second-order valence-corrected chi connectivity index (χ2v) is 7.75. The SMILES string of the molecule is CCc1ccc(-c2ccc(N(C)c3ccc(-c4ccc(CC)cc4)cc3)cc2)cc1. The molecule has 1 nitrogen and oxygen atoms in total. The second kappa shape index (κ2) is 9.00. The first kappa shape index (κ1) is 20.0. The van der Waals surface area contributed by atoms with Gasteiger partial charge in [-0.25, -0.2) is 0 Å². The van der Waals surface area contributed by atoms with Gasteiger partial charge in [-0.2, -0.15) is 0 Å². The van der Waals surface area contributed by atoms with E-state index in [1.165, 1.54) is 44.8 Å². The molecule has 0 N–H and O–H groups in total. The Labute approximate surface area is 180 Å². The topological polar surface area (TPSA) is 3.24 Å². The molecule has 30 heavy (non-hydrogen) atoms. The van der Waals surface area contributed by atoms with Crippen molar-refractivity contribution in [3.05, 3.63) is 108 Å². The molecule has 0 atom stereocenters. The zero-order chi connectivity index (χ0) is 20.9. The lowest BCUT2D eigenvalue weighted by atomic mass is 10.0. The number of aryl methyl sites for hydroxylation is 2. The first-order valence-corrected chi connectivity index (χ1v) is 10.8. The van der Waals surface area contributed by atoms with Crippen molar-refractivity contribution in [3.63, 3.8) is 0 Å². The van der Waals surface area contributed by atoms with E-state index in [1.807, 2.05) is 0 Å². The summed E-state index contributed by atoms with van der Waals surface area (Å²) >= 11 is 0. The zero-order valence-corrected chi connectivity index (χ0v) is 18.1. The second-order valence-electron chi connectivity index (χ2n) is 7.75. The van der Waals surface area contributed by atoms with Crippen molar-refractivity contribution in [3.8, 4) is 22.3 Å². The van der Waals surface area contributed by atoms with Crippen LogP contribution in [0, 0.1) is 0 Å². The molecule has 0 spiro atoms. The van der Waals surface area contributed by atoms with E-state index in [0.29, 0.717) is 0 Å². The van der Waals surface area contributed by atoms with Gasteiger partial charge in [0.1, 0.15) is 0 Å². The summed E-state index contributed by atoms with van der Waals surface area (Å²) in [6.45, 7) is 4.38. The van der Waals surface area contributed by atoms with E-state index in [4.69, 9.17) is 0 Å². The van der Waals surface area contributed by atoms with Crippen LogP contribution in [0.2, 0.25) is 0 Å². The Bertz CT molecular complexity index is 982. The number of benzene rings is 4. The van der Waals surface area contributed by atoms with Gasteiger partial charge in [0.05, 0.1) is 0 Å². The Morgan fingerprint density at radius 3 is 0.967 bits per heavy atom. The van der Waals surface area contributed by atoms with Crippen LogP contribution in [0.4, 0.5) is 11.4 Å². The summed E-state index contributed by atoms with van der Waals surface area (Å²) in [7, 11) is 2.12. The molecule has 4 aromatic carbocycles. The summed E-state index contributed by atoms with van der Waals surface area (Å²) in [5, 5.41) is 0. The van der Waals surface area contributed by atoms with Gasteiger partial charge in [-0.3, -0.25) is 0 Å². The number of anilines is 2. The van der Waals surface area contributed by atoms with E-state index in [9.17, 15) is 0 Å². The van der Waals surface area contributed by atoms with Crippen LogP contribution in [0.25, 0.3) is 22.3 Å². The normalized spacial score (nSPS) is 10.8. The fourth-order valence-corrected chi connectivity index (χ4v) is 3.77. The molecule has 0 aliphatic heterocycles. The molecule has 0 unspecified atom stereocenters. The van der Waals surface area contributed by atoms with Crippen molar-refractivity contribution in [2.45, 2.75) is 26.7 Å². The molecule has 0 amide bonds. The first-order valence-electron chi connectivity index (χ1n) is 10.8. The summed E-state index contributed by atoms with van der Waals surface area (Å²) in [4.78, 5) is 2.23. The van der Waals surface area contributed by atoms with Crippen LogP contribution in [-0.4, -0.2) is 7.05 Å².